The molecule has 1 aromatic heterocycles. The van der Waals surface area contributed by atoms with Crippen LogP contribution < -0.4 is 21.3 Å². The van der Waals surface area contributed by atoms with Crippen LogP contribution in [0.5, 0.6) is 0 Å². The monoisotopic (exact) mass is 394 g/mol. The van der Waals surface area contributed by atoms with Gasteiger partial charge in [0.1, 0.15) is 5.82 Å². The number of nitrogens with zero attached hydrogens (tertiary/aromatic N) is 3. The third-order valence-corrected chi connectivity index (χ3v) is 5.45. The normalized spacial score (nSPS) is 20.6. The molecule has 0 spiro atoms. The molecule has 8 heteroatoms. The number of urea groups is 1. The van der Waals surface area contributed by atoms with Gasteiger partial charge in [-0.15, -0.1) is 0 Å². The summed E-state index contributed by atoms with van der Waals surface area (Å²) in [6, 6.07) is 8.12. The molecule has 152 valence electrons. The highest BCUT2D eigenvalue weighted by Gasteiger charge is 2.37. The number of fused-ring (bicyclic) bond motifs is 1. The average Bonchev–Trinajstić information content (AvgIpc) is 2.82. The molecule has 1 unspecified atom stereocenters. The van der Waals surface area contributed by atoms with Crippen LogP contribution in [0.4, 0.5) is 16.6 Å². The Labute approximate surface area is 169 Å². The highest BCUT2D eigenvalue weighted by Crippen LogP contribution is 2.23. The maximum Gasteiger partial charge on any atom is 0.324 e. The maximum atomic E-state index is 12.8. The number of carbonyl (C=O) groups is 2. The number of hydrogen-bond acceptors (Lipinski definition) is 5. The molecule has 4 N–H and O–H groups in total. The van der Waals surface area contributed by atoms with Crippen molar-refractivity contribution in [3.8, 4) is 0 Å². The number of rotatable bonds is 3. The molecule has 0 bridgehead atoms. The molecule has 29 heavy (non-hydrogen) atoms. The van der Waals surface area contributed by atoms with Gasteiger partial charge < -0.3 is 16.4 Å². The molecule has 8 nitrogen and oxygen atoms in total. The lowest BCUT2D eigenvalue weighted by Crippen LogP contribution is -2.37. The number of amides is 3. The van der Waals surface area contributed by atoms with E-state index in [9.17, 15) is 9.59 Å². The largest absolute Gasteiger partial charge is 0.383 e. The minimum Gasteiger partial charge on any atom is -0.383 e. The van der Waals surface area contributed by atoms with Crippen molar-refractivity contribution < 1.29 is 9.59 Å². The fraction of sp³-hybridized carbons (Fsp3) is 0.429. The van der Waals surface area contributed by atoms with Crippen molar-refractivity contribution in [2.45, 2.75) is 51.1 Å². The molecule has 1 atom stereocenters. The molecule has 0 radical (unpaired) electrons. The van der Waals surface area contributed by atoms with E-state index in [-0.39, 0.29) is 40.8 Å². The summed E-state index contributed by atoms with van der Waals surface area (Å²) in [4.78, 5) is 34.8. The summed E-state index contributed by atoms with van der Waals surface area (Å²) in [7, 11) is 0. The Bertz CT molecular complexity index is 958. The van der Waals surface area contributed by atoms with Crippen molar-refractivity contribution in [3.63, 3.8) is 0 Å². The van der Waals surface area contributed by atoms with E-state index in [1.54, 1.807) is 0 Å². The van der Waals surface area contributed by atoms with Crippen LogP contribution in [-0.2, 0) is 12.8 Å². The third kappa shape index (κ3) is 4.01. The maximum absolute atomic E-state index is 12.8. The van der Waals surface area contributed by atoms with Crippen molar-refractivity contribution in [2.24, 2.45) is 0 Å². The van der Waals surface area contributed by atoms with Gasteiger partial charge in [-0.2, -0.15) is 4.98 Å². The smallest absolute Gasteiger partial charge is 0.324 e. The van der Waals surface area contributed by atoms with Gasteiger partial charge in [-0.1, -0.05) is 24.3 Å². The summed E-state index contributed by atoms with van der Waals surface area (Å²) in [5.74, 6) is -0.0193. The number of aromatic nitrogens is 2. The molecule has 1 fully saturated rings. The number of benzene rings is 1. The second-order valence-electron chi connectivity index (χ2n) is 8.40. The lowest BCUT2D eigenvalue weighted by Gasteiger charge is -2.19. The van der Waals surface area contributed by atoms with E-state index in [0.717, 1.165) is 25.7 Å². The molecule has 1 aliphatic carbocycles. The van der Waals surface area contributed by atoms with Crippen molar-refractivity contribution in [1.82, 2.24) is 20.6 Å². The number of nitrogens with one attached hydrogen (secondary N) is 2. The van der Waals surface area contributed by atoms with Crippen LogP contribution in [0.1, 0.15) is 48.2 Å². The number of anilines is 2. The minimum atomic E-state index is -0.374. The molecule has 2 heterocycles. The summed E-state index contributed by atoms with van der Waals surface area (Å²) in [5, 5.41) is 5.93. The van der Waals surface area contributed by atoms with E-state index in [2.05, 4.69) is 38.8 Å². The lowest BCUT2D eigenvalue weighted by atomic mass is 10.0. The summed E-state index contributed by atoms with van der Waals surface area (Å²) in [6.45, 7) is 4.26. The molecule has 4 rings (SSSR count). The van der Waals surface area contributed by atoms with Gasteiger partial charge >= 0.3 is 6.03 Å². The van der Waals surface area contributed by atoms with Crippen LogP contribution in [0.2, 0.25) is 0 Å². The van der Waals surface area contributed by atoms with Crippen molar-refractivity contribution in [1.29, 1.82) is 0 Å². The lowest BCUT2D eigenvalue weighted by molar-refractivity contribution is 0.0935. The summed E-state index contributed by atoms with van der Waals surface area (Å²) in [6.07, 6.45) is 5.14. The zero-order valence-electron chi connectivity index (χ0n) is 16.7. The standard InChI is InChI=1S/C21H26N6O2/c1-21(2)12-27(20(29)26-21)19-23-11-16(17(22)25-19)18(28)24-15-9-5-8-13-6-3-4-7-14(13)10-15/h3-4,6-7,11,15H,5,8-10,12H2,1-2H3,(H,24,28)(H,26,29)(H2,22,23,25). The van der Waals surface area contributed by atoms with Crippen LogP contribution >= 0.6 is 0 Å². The van der Waals surface area contributed by atoms with E-state index in [1.165, 1.54) is 22.2 Å². The molecule has 2 aromatic rings. The molecule has 1 aromatic carbocycles. The van der Waals surface area contributed by atoms with E-state index < -0.39 is 0 Å². The summed E-state index contributed by atoms with van der Waals surface area (Å²) in [5.41, 5.74) is 8.52. The highest BCUT2D eigenvalue weighted by molar-refractivity contribution is 5.99. The van der Waals surface area contributed by atoms with Gasteiger partial charge in [-0.05, 0) is 50.7 Å². The SMILES string of the molecule is CC1(C)CN(c2ncc(C(=O)NC3CCCc4ccccc4C3)c(N)n2)C(=O)N1. The van der Waals surface area contributed by atoms with Crippen molar-refractivity contribution in [3.05, 3.63) is 47.2 Å². The van der Waals surface area contributed by atoms with Gasteiger partial charge in [0.05, 0.1) is 17.6 Å². The quantitative estimate of drug-likeness (QED) is 0.690. The van der Waals surface area contributed by atoms with Gasteiger partial charge in [0.25, 0.3) is 5.91 Å². The number of carbonyl (C=O) groups excluding carboxylic acids is 2. The van der Waals surface area contributed by atoms with E-state index in [0.29, 0.717) is 6.54 Å². The molecule has 1 saturated heterocycles. The first-order chi connectivity index (χ1) is 13.8. The summed E-state index contributed by atoms with van der Waals surface area (Å²) < 4.78 is 0. The molecule has 0 saturated carbocycles. The first kappa shape index (κ1) is 19.2. The number of aryl methyl sites for hydroxylation is 1. The highest BCUT2D eigenvalue weighted by atomic mass is 16.2. The molecular weight excluding hydrogens is 368 g/mol. The number of nitrogen functional groups attached to an aromatic ring is 1. The van der Waals surface area contributed by atoms with E-state index >= 15 is 0 Å². The Balaban J connectivity index is 1.47. The summed E-state index contributed by atoms with van der Waals surface area (Å²) >= 11 is 0. The fourth-order valence-corrected chi connectivity index (χ4v) is 4.01. The second kappa shape index (κ2) is 7.35. The topological polar surface area (TPSA) is 113 Å². The Morgan fingerprint density at radius 3 is 2.76 bits per heavy atom. The first-order valence-electron chi connectivity index (χ1n) is 9.92. The Hall–Kier alpha value is -3.16. The van der Waals surface area contributed by atoms with E-state index in [1.807, 2.05) is 19.9 Å². The van der Waals surface area contributed by atoms with Crippen LogP contribution in [0, 0.1) is 0 Å². The van der Waals surface area contributed by atoms with Crippen LogP contribution in [0.3, 0.4) is 0 Å². The Morgan fingerprint density at radius 1 is 1.31 bits per heavy atom. The van der Waals surface area contributed by atoms with Gasteiger partial charge in [0.15, 0.2) is 0 Å². The van der Waals surface area contributed by atoms with Crippen LogP contribution in [0.25, 0.3) is 0 Å². The van der Waals surface area contributed by atoms with Gasteiger partial charge in [0.2, 0.25) is 5.95 Å². The Kier molecular flexibility index (Phi) is 4.86. The zero-order valence-corrected chi connectivity index (χ0v) is 16.7. The van der Waals surface area contributed by atoms with Crippen LogP contribution in [0.15, 0.2) is 30.5 Å². The van der Waals surface area contributed by atoms with Gasteiger partial charge in [-0.3, -0.25) is 9.69 Å². The van der Waals surface area contributed by atoms with Crippen molar-refractivity contribution >= 4 is 23.7 Å². The third-order valence-electron chi connectivity index (χ3n) is 5.45. The fourth-order valence-electron chi connectivity index (χ4n) is 4.01. The number of nitrogens with two attached hydrogens (primary N) is 1. The number of hydrogen-bond donors (Lipinski definition) is 3. The van der Waals surface area contributed by atoms with Gasteiger partial charge in [-0.25, -0.2) is 9.78 Å². The van der Waals surface area contributed by atoms with Crippen molar-refractivity contribution in [2.75, 3.05) is 17.2 Å². The molecule has 1 aliphatic heterocycles. The second-order valence-corrected chi connectivity index (χ2v) is 8.40. The molecule has 2 aliphatic rings. The van der Waals surface area contributed by atoms with Gasteiger partial charge in [0, 0.05) is 12.2 Å². The van der Waals surface area contributed by atoms with Crippen LogP contribution in [-0.4, -0.2) is 40.0 Å². The minimum absolute atomic E-state index is 0.0374. The first-order valence-corrected chi connectivity index (χ1v) is 9.92. The molecular formula is C21H26N6O2. The average molecular weight is 394 g/mol. The predicted octanol–water partition coefficient (Wildman–Crippen LogP) is 2.04. The predicted molar refractivity (Wildman–Crippen MR) is 111 cm³/mol. The Morgan fingerprint density at radius 2 is 2.07 bits per heavy atom. The molecule has 3 amide bonds. The zero-order chi connectivity index (χ0) is 20.6. The van der Waals surface area contributed by atoms with E-state index in [4.69, 9.17) is 5.73 Å².